The Hall–Kier alpha value is -1.59. The summed E-state index contributed by atoms with van der Waals surface area (Å²) in [5.41, 5.74) is 0.582. The molecule has 0 aliphatic heterocycles. The smallest absolute Gasteiger partial charge is 0.160 e. The fourth-order valence-electron chi connectivity index (χ4n) is 1.95. The van der Waals surface area contributed by atoms with Crippen molar-refractivity contribution >= 4 is 11.6 Å². The van der Waals surface area contributed by atoms with Gasteiger partial charge in [-0.05, 0) is 42.4 Å². The summed E-state index contributed by atoms with van der Waals surface area (Å²) in [5.74, 6) is -4.15. The highest BCUT2D eigenvalue weighted by Gasteiger charge is 2.19. The van der Waals surface area contributed by atoms with Crippen molar-refractivity contribution in [3.63, 3.8) is 0 Å². The largest absolute Gasteiger partial charge is 0.309 e. The zero-order chi connectivity index (χ0) is 14.9. The molecule has 0 aliphatic carbocycles. The molecule has 0 aromatic heterocycles. The van der Waals surface area contributed by atoms with Crippen molar-refractivity contribution in [3.8, 4) is 0 Å². The van der Waals surface area contributed by atoms with Crippen LogP contribution in [-0.4, -0.2) is 7.05 Å². The van der Waals surface area contributed by atoms with Crippen molar-refractivity contribution in [2.75, 3.05) is 7.05 Å². The van der Waals surface area contributed by atoms with Crippen LogP contribution < -0.4 is 5.32 Å². The first kappa shape index (κ1) is 14.8. The lowest BCUT2D eigenvalue weighted by molar-refractivity contribution is 0.501. The van der Waals surface area contributed by atoms with E-state index in [9.17, 15) is 17.6 Å². The Morgan fingerprint density at radius 1 is 0.900 bits per heavy atom. The van der Waals surface area contributed by atoms with Gasteiger partial charge in [0.2, 0.25) is 0 Å². The summed E-state index contributed by atoms with van der Waals surface area (Å²) in [5, 5.41) is 2.80. The maximum Gasteiger partial charge on any atom is 0.160 e. The van der Waals surface area contributed by atoms with Gasteiger partial charge in [-0.25, -0.2) is 17.6 Å². The Morgan fingerprint density at radius 3 is 2.10 bits per heavy atom. The Labute approximate surface area is 118 Å². The Balaban J connectivity index is 2.52. The van der Waals surface area contributed by atoms with Gasteiger partial charge in [-0.2, -0.15) is 0 Å². The van der Waals surface area contributed by atoms with Crippen molar-refractivity contribution < 1.29 is 17.6 Å². The molecule has 2 rings (SSSR count). The third kappa shape index (κ3) is 2.78. The van der Waals surface area contributed by atoms with Gasteiger partial charge in [0, 0.05) is 5.02 Å². The predicted molar refractivity (Wildman–Crippen MR) is 68.6 cm³/mol. The van der Waals surface area contributed by atoms with Crippen molar-refractivity contribution in [1.29, 1.82) is 0 Å². The zero-order valence-corrected chi connectivity index (χ0v) is 11.1. The molecule has 0 saturated heterocycles. The van der Waals surface area contributed by atoms with E-state index in [1.165, 1.54) is 6.07 Å². The van der Waals surface area contributed by atoms with Crippen LogP contribution >= 0.6 is 11.6 Å². The Kier molecular flexibility index (Phi) is 4.30. The molecular weight excluding hydrogens is 294 g/mol. The molecule has 2 aromatic rings. The van der Waals surface area contributed by atoms with Crippen molar-refractivity contribution in [3.05, 3.63) is 69.8 Å². The quantitative estimate of drug-likeness (QED) is 0.662. The fourth-order valence-corrected chi connectivity index (χ4v) is 2.21. The molecule has 0 spiro atoms. The summed E-state index contributed by atoms with van der Waals surface area (Å²) < 4.78 is 52.6. The molecule has 2 aromatic carbocycles. The maximum absolute atomic E-state index is 13.3. The third-order valence-corrected chi connectivity index (χ3v) is 3.24. The van der Waals surface area contributed by atoms with Gasteiger partial charge in [0.05, 0.1) is 6.04 Å². The second kappa shape index (κ2) is 5.81. The number of benzene rings is 2. The molecule has 1 atom stereocenters. The topological polar surface area (TPSA) is 12.0 Å². The summed E-state index contributed by atoms with van der Waals surface area (Å²) in [4.78, 5) is 0. The maximum atomic E-state index is 13.3. The van der Waals surface area contributed by atoms with Gasteiger partial charge in [-0.15, -0.1) is 0 Å². The van der Waals surface area contributed by atoms with E-state index in [1.807, 2.05) is 0 Å². The van der Waals surface area contributed by atoms with Crippen LogP contribution in [0.5, 0.6) is 0 Å². The van der Waals surface area contributed by atoms with Gasteiger partial charge in [-0.3, -0.25) is 0 Å². The van der Waals surface area contributed by atoms with Gasteiger partial charge in [0.1, 0.15) is 0 Å². The number of nitrogens with one attached hydrogen (secondary N) is 1. The predicted octanol–water partition coefficient (Wildman–Crippen LogP) is 4.21. The molecule has 0 radical (unpaired) electrons. The average molecular weight is 304 g/mol. The Bertz CT molecular complexity index is 645. The van der Waals surface area contributed by atoms with E-state index < -0.39 is 29.3 Å². The van der Waals surface area contributed by atoms with Gasteiger partial charge in [-0.1, -0.05) is 17.7 Å². The van der Waals surface area contributed by atoms with Crippen molar-refractivity contribution in [2.45, 2.75) is 6.04 Å². The monoisotopic (exact) mass is 303 g/mol. The van der Waals surface area contributed by atoms with Crippen LogP contribution in [0.2, 0.25) is 5.02 Å². The SMILES string of the molecule is CNC(c1ccc(F)c(F)c1)c1cc(F)c(F)cc1Cl. The minimum absolute atomic E-state index is 0.00650. The molecule has 106 valence electrons. The van der Waals surface area contributed by atoms with Crippen LogP contribution in [0.4, 0.5) is 17.6 Å². The summed E-state index contributed by atoms with van der Waals surface area (Å²) >= 11 is 5.88. The molecule has 6 heteroatoms. The first-order chi connectivity index (χ1) is 9.43. The fraction of sp³-hybridized carbons (Fsp3) is 0.143. The van der Waals surface area contributed by atoms with Crippen LogP contribution in [0.15, 0.2) is 30.3 Å². The number of hydrogen-bond donors (Lipinski definition) is 1. The number of halogens is 5. The molecule has 1 unspecified atom stereocenters. The first-order valence-corrected chi connectivity index (χ1v) is 6.08. The van der Waals surface area contributed by atoms with Gasteiger partial charge in [0.25, 0.3) is 0 Å². The minimum atomic E-state index is -1.07. The highest BCUT2D eigenvalue weighted by molar-refractivity contribution is 6.31. The van der Waals surface area contributed by atoms with Gasteiger partial charge >= 0.3 is 0 Å². The number of hydrogen-bond acceptors (Lipinski definition) is 1. The second-order valence-electron chi connectivity index (χ2n) is 4.18. The minimum Gasteiger partial charge on any atom is -0.309 e. The highest BCUT2D eigenvalue weighted by Crippen LogP contribution is 2.30. The Morgan fingerprint density at radius 2 is 1.50 bits per heavy atom. The van der Waals surface area contributed by atoms with E-state index in [4.69, 9.17) is 11.6 Å². The lowest BCUT2D eigenvalue weighted by atomic mass is 9.98. The van der Waals surface area contributed by atoms with Crippen LogP contribution in [0.3, 0.4) is 0 Å². The normalized spacial score (nSPS) is 12.5. The van der Waals surface area contributed by atoms with Crippen LogP contribution in [0, 0.1) is 23.3 Å². The molecule has 0 heterocycles. The molecule has 0 aliphatic rings. The summed E-state index contributed by atoms with van der Waals surface area (Å²) in [7, 11) is 1.55. The molecule has 1 N–H and O–H groups in total. The molecule has 20 heavy (non-hydrogen) atoms. The van der Waals surface area contributed by atoms with E-state index in [0.717, 1.165) is 24.3 Å². The van der Waals surface area contributed by atoms with E-state index in [1.54, 1.807) is 7.05 Å². The standard InChI is InChI=1S/C14H10ClF4N/c1-20-14(7-2-3-10(16)11(17)4-7)8-5-12(18)13(19)6-9(8)15/h2-6,14,20H,1H3. The molecule has 0 bridgehead atoms. The molecule has 0 amide bonds. The lowest BCUT2D eigenvalue weighted by Gasteiger charge is -2.19. The average Bonchev–Trinajstić information content (AvgIpc) is 2.40. The van der Waals surface area contributed by atoms with E-state index in [-0.39, 0.29) is 10.6 Å². The van der Waals surface area contributed by atoms with Crippen molar-refractivity contribution in [2.24, 2.45) is 0 Å². The van der Waals surface area contributed by atoms with E-state index >= 15 is 0 Å². The number of rotatable bonds is 3. The highest BCUT2D eigenvalue weighted by atomic mass is 35.5. The third-order valence-electron chi connectivity index (χ3n) is 2.92. The summed E-state index contributed by atoms with van der Waals surface area (Å²) in [6.07, 6.45) is 0. The first-order valence-electron chi connectivity index (χ1n) is 5.70. The molecule has 1 nitrogen and oxygen atoms in total. The second-order valence-corrected chi connectivity index (χ2v) is 4.59. The van der Waals surface area contributed by atoms with Gasteiger partial charge in [0.15, 0.2) is 23.3 Å². The van der Waals surface area contributed by atoms with Gasteiger partial charge < -0.3 is 5.32 Å². The molecule has 0 saturated carbocycles. The van der Waals surface area contributed by atoms with Crippen LogP contribution in [-0.2, 0) is 0 Å². The zero-order valence-electron chi connectivity index (χ0n) is 10.4. The summed E-state index contributed by atoms with van der Waals surface area (Å²) in [6, 6.07) is 4.37. The molecular formula is C14H10ClF4N. The van der Waals surface area contributed by atoms with Crippen molar-refractivity contribution in [1.82, 2.24) is 5.32 Å². The lowest BCUT2D eigenvalue weighted by Crippen LogP contribution is -2.19. The van der Waals surface area contributed by atoms with Crippen LogP contribution in [0.1, 0.15) is 17.2 Å². The van der Waals surface area contributed by atoms with E-state index in [0.29, 0.717) is 5.56 Å². The summed E-state index contributed by atoms with van der Waals surface area (Å²) in [6.45, 7) is 0. The van der Waals surface area contributed by atoms with Crippen LogP contribution in [0.25, 0.3) is 0 Å². The molecule has 0 fully saturated rings. The van der Waals surface area contributed by atoms with E-state index in [2.05, 4.69) is 5.32 Å².